The zero-order valence-electron chi connectivity index (χ0n) is 12.8. The van der Waals surface area contributed by atoms with E-state index in [4.69, 9.17) is 28.2 Å². The zero-order valence-corrected chi connectivity index (χ0v) is 14.3. The van der Waals surface area contributed by atoms with E-state index in [1.165, 1.54) is 18.5 Å². The molecule has 0 amide bonds. The first kappa shape index (κ1) is 15.0. The highest BCUT2D eigenvalue weighted by Gasteiger charge is 2.28. The van der Waals surface area contributed by atoms with Gasteiger partial charge in [-0.25, -0.2) is 9.97 Å². The predicted octanol–water partition coefficient (Wildman–Crippen LogP) is 3.99. The van der Waals surface area contributed by atoms with Gasteiger partial charge in [-0.1, -0.05) is 29.3 Å². The summed E-state index contributed by atoms with van der Waals surface area (Å²) in [4.78, 5) is 13.7. The first-order valence-corrected chi connectivity index (χ1v) is 8.74. The van der Waals surface area contributed by atoms with Crippen molar-refractivity contribution in [2.24, 2.45) is 0 Å². The average Bonchev–Trinajstić information content (AvgIpc) is 3.39. The van der Waals surface area contributed by atoms with Crippen molar-refractivity contribution in [3.8, 4) is 0 Å². The van der Waals surface area contributed by atoms with Gasteiger partial charge in [0.1, 0.15) is 16.8 Å². The van der Waals surface area contributed by atoms with Crippen LogP contribution in [-0.2, 0) is 0 Å². The van der Waals surface area contributed by atoms with Gasteiger partial charge in [0.05, 0.1) is 0 Å². The van der Waals surface area contributed by atoms with Gasteiger partial charge in [-0.2, -0.15) is 0 Å². The number of anilines is 2. The van der Waals surface area contributed by atoms with Crippen molar-refractivity contribution in [2.45, 2.75) is 18.8 Å². The van der Waals surface area contributed by atoms with Crippen molar-refractivity contribution < 1.29 is 0 Å². The Balaban J connectivity index is 1.47. The lowest BCUT2D eigenvalue weighted by molar-refractivity contribution is 0.644. The molecule has 4 rings (SSSR count). The predicted molar refractivity (Wildman–Crippen MR) is 94.9 cm³/mol. The number of rotatable bonds is 3. The lowest BCUT2D eigenvalue weighted by Gasteiger charge is -2.36. The summed E-state index contributed by atoms with van der Waals surface area (Å²) < 4.78 is 0. The van der Waals surface area contributed by atoms with E-state index in [-0.39, 0.29) is 0 Å². The van der Waals surface area contributed by atoms with Crippen LogP contribution in [0.25, 0.3) is 0 Å². The number of nitrogens with zero attached hydrogens (tertiary/aromatic N) is 4. The Labute approximate surface area is 146 Å². The van der Waals surface area contributed by atoms with Gasteiger partial charge in [0.15, 0.2) is 0 Å². The van der Waals surface area contributed by atoms with E-state index >= 15 is 0 Å². The summed E-state index contributed by atoms with van der Waals surface area (Å²) >= 11 is 12.3. The first-order chi connectivity index (χ1) is 11.2. The maximum absolute atomic E-state index is 6.18. The van der Waals surface area contributed by atoms with Crippen molar-refractivity contribution in [3.63, 3.8) is 0 Å². The highest BCUT2D eigenvalue weighted by atomic mass is 35.5. The van der Waals surface area contributed by atoms with E-state index < -0.39 is 0 Å². The Kier molecular flexibility index (Phi) is 4.04. The molecule has 0 bridgehead atoms. The smallest absolute Gasteiger partial charge is 0.135 e. The fraction of sp³-hybridized carbons (Fsp3) is 0.412. The minimum absolute atomic E-state index is 0.514. The van der Waals surface area contributed by atoms with Crippen LogP contribution in [0.3, 0.4) is 0 Å². The van der Waals surface area contributed by atoms with E-state index in [2.05, 4.69) is 20.9 Å². The molecule has 2 aromatic rings. The second-order valence-corrected chi connectivity index (χ2v) is 6.96. The SMILES string of the molecule is Clc1cccc(N2CCN(c3cc(Cl)nc(C4CC4)n3)CC2)c1. The molecule has 1 aromatic carbocycles. The van der Waals surface area contributed by atoms with E-state index in [9.17, 15) is 0 Å². The number of benzene rings is 1. The minimum atomic E-state index is 0.514. The Bertz CT molecular complexity index is 709. The molecule has 120 valence electrons. The molecule has 0 atom stereocenters. The first-order valence-electron chi connectivity index (χ1n) is 7.99. The van der Waals surface area contributed by atoms with Crippen LogP contribution in [0.4, 0.5) is 11.5 Å². The average molecular weight is 349 g/mol. The van der Waals surface area contributed by atoms with E-state index in [1.54, 1.807) is 0 Å². The monoisotopic (exact) mass is 348 g/mol. The Morgan fingerprint density at radius 1 is 0.913 bits per heavy atom. The molecule has 2 aliphatic rings. The van der Waals surface area contributed by atoms with Crippen molar-refractivity contribution >= 4 is 34.7 Å². The summed E-state index contributed by atoms with van der Waals surface area (Å²) in [5.74, 6) is 2.38. The summed E-state index contributed by atoms with van der Waals surface area (Å²) in [5, 5.41) is 1.33. The third-order valence-electron chi connectivity index (χ3n) is 4.42. The van der Waals surface area contributed by atoms with Crippen LogP contribution in [-0.4, -0.2) is 36.1 Å². The standard InChI is InChI=1S/C17H18Cl2N4/c18-13-2-1-3-14(10-13)22-6-8-23(9-7-22)16-11-15(19)20-17(21-16)12-4-5-12/h1-3,10-12H,4-9H2. The molecular formula is C17H18Cl2N4. The molecule has 1 saturated heterocycles. The van der Waals surface area contributed by atoms with Gasteiger partial charge in [0.2, 0.25) is 0 Å². The molecule has 0 spiro atoms. The molecule has 0 radical (unpaired) electrons. The van der Waals surface area contributed by atoms with Gasteiger partial charge < -0.3 is 9.80 Å². The molecule has 2 fully saturated rings. The zero-order chi connectivity index (χ0) is 15.8. The molecule has 0 N–H and O–H groups in total. The van der Waals surface area contributed by atoms with Crippen LogP contribution in [0.5, 0.6) is 0 Å². The molecule has 0 unspecified atom stereocenters. The Hall–Kier alpha value is -1.52. The van der Waals surface area contributed by atoms with E-state index in [0.29, 0.717) is 11.1 Å². The number of piperazine rings is 1. The lowest BCUT2D eigenvalue weighted by Crippen LogP contribution is -2.46. The van der Waals surface area contributed by atoms with Crippen LogP contribution < -0.4 is 9.80 Å². The second-order valence-electron chi connectivity index (χ2n) is 6.14. The van der Waals surface area contributed by atoms with E-state index in [1.807, 2.05) is 24.3 Å². The molecular weight excluding hydrogens is 331 g/mol. The number of hydrogen-bond donors (Lipinski definition) is 0. The Morgan fingerprint density at radius 3 is 2.35 bits per heavy atom. The van der Waals surface area contributed by atoms with Gasteiger partial charge in [-0.3, -0.25) is 0 Å². The second kappa shape index (κ2) is 6.17. The van der Waals surface area contributed by atoms with Crippen molar-refractivity contribution in [3.05, 3.63) is 46.3 Å². The summed E-state index contributed by atoms with van der Waals surface area (Å²) in [6.07, 6.45) is 2.37. The van der Waals surface area contributed by atoms with Gasteiger partial charge in [-0.15, -0.1) is 0 Å². The minimum Gasteiger partial charge on any atom is -0.368 e. The summed E-state index contributed by atoms with van der Waals surface area (Å²) in [5.41, 5.74) is 1.18. The van der Waals surface area contributed by atoms with Gasteiger partial charge in [0.25, 0.3) is 0 Å². The normalized spacial score (nSPS) is 18.3. The fourth-order valence-electron chi connectivity index (χ4n) is 2.98. The molecule has 23 heavy (non-hydrogen) atoms. The van der Waals surface area contributed by atoms with Crippen LogP contribution in [0.15, 0.2) is 30.3 Å². The highest BCUT2D eigenvalue weighted by molar-refractivity contribution is 6.30. The van der Waals surface area contributed by atoms with Crippen molar-refractivity contribution in [1.82, 2.24) is 9.97 Å². The largest absolute Gasteiger partial charge is 0.368 e. The number of halogens is 2. The maximum Gasteiger partial charge on any atom is 0.135 e. The molecule has 6 heteroatoms. The number of aromatic nitrogens is 2. The summed E-state index contributed by atoms with van der Waals surface area (Å²) in [7, 11) is 0. The third-order valence-corrected chi connectivity index (χ3v) is 4.85. The topological polar surface area (TPSA) is 32.3 Å². The van der Waals surface area contributed by atoms with Crippen molar-refractivity contribution in [2.75, 3.05) is 36.0 Å². The van der Waals surface area contributed by atoms with Gasteiger partial charge in [0, 0.05) is 48.9 Å². The quantitative estimate of drug-likeness (QED) is 0.785. The molecule has 4 nitrogen and oxygen atoms in total. The lowest BCUT2D eigenvalue weighted by atomic mass is 10.2. The van der Waals surface area contributed by atoms with Crippen LogP contribution in [0.1, 0.15) is 24.6 Å². The highest BCUT2D eigenvalue weighted by Crippen LogP contribution is 2.39. The van der Waals surface area contributed by atoms with Crippen LogP contribution in [0, 0.1) is 0 Å². The summed E-state index contributed by atoms with van der Waals surface area (Å²) in [6, 6.07) is 9.90. The molecule has 1 saturated carbocycles. The maximum atomic E-state index is 6.18. The van der Waals surface area contributed by atoms with Crippen LogP contribution in [0.2, 0.25) is 10.2 Å². The van der Waals surface area contributed by atoms with E-state index in [0.717, 1.165) is 42.8 Å². The van der Waals surface area contributed by atoms with Gasteiger partial charge >= 0.3 is 0 Å². The van der Waals surface area contributed by atoms with Crippen LogP contribution >= 0.6 is 23.2 Å². The molecule has 1 aliphatic heterocycles. The van der Waals surface area contributed by atoms with Crippen molar-refractivity contribution in [1.29, 1.82) is 0 Å². The molecule has 1 aliphatic carbocycles. The molecule has 1 aromatic heterocycles. The Morgan fingerprint density at radius 2 is 1.65 bits per heavy atom. The fourth-order valence-corrected chi connectivity index (χ4v) is 3.34. The summed E-state index contributed by atoms with van der Waals surface area (Å²) in [6.45, 7) is 3.73. The molecule has 2 heterocycles. The third kappa shape index (κ3) is 3.38. The van der Waals surface area contributed by atoms with Gasteiger partial charge in [-0.05, 0) is 31.0 Å². The number of hydrogen-bond acceptors (Lipinski definition) is 4.